The molecule has 0 atom stereocenters. The number of hydrogen-bond donors (Lipinski definition) is 1. The third-order valence-electron chi connectivity index (χ3n) is 5.87. The summed E-state index contributed by atoms with van der Waals surface area (Å²) in [5.41, 5.74) is 5.11. The molecule has 1 fully saturated rings. The number of carbonyl (C=O) groups is 2. The average Bonchev–Trinajstić information content (AvgIpc) is 3.48. The van der Waals surface area contributed by atoms with Gasteiger partial charge in [-0.05, 0) is 37.1 Å². The van der Waals surface area contributed by atoms with Gasteiger partial charge in [0.2, 0.25) is 11.8 Å². The second-order valence-corrected chi connectivity index (χ2v) is 8.61. The van der Waals surface area contributed by atoms with E-state index >= 15 is 0 Å². The minimum absolute atomic E-state index is 0.0229. The van der Waals surface area contributed by atoms with Crippen LogP contribution in [-0.4, -0.2) is 44.3 Å². The van der Waals surface area contributed by atoms with Crippen molar-refractivity contribution in [1.82, 2.24) is 19.4 Å². The van der Waals surface area contributed by atoms with Gasteiger partial charge in [0.25, 0.3) is 0 Å². The van der Waals surface area contributed by atoms with Crippen molar-refractivity contribution in [3.8, 4) is 11.5 Å². The zero-order valence-corrected chi connectivity index (χ0v) is 18.3. The Hall–Kier alpha value is -3.52. The molecule has 2 amide bonds. The van der Waals surface area contributed by atoms with E-state index in [1.807, 2.05) is 69.4 Å². The fraction of sp³-hybridized carbons (Fsp3) is 0.250. The summed E-state index contributed by atoms with van der Waals surface area (Å²) in [4.78, 5) is 36.7. The Bertz CT molecular complexity index is 1230. The molecule has 0 saturated carbocycles. The molecule has 0 spiro atoms. The molecule has 3 heterocycles. The van der Waals surface area contributed by atoms with Crippen LogP contribution in [0.3, 0.4) is 0 Å². The van der Waals surface area contributed by atoms with Gasteiger partial charge in [0, 0.05) is 30.1 Å². The van der Waals surface area contributed by atoms with Gasteiger partial charge in [-0.1, -0.05) is 30.3 Å². The molecule has 0 radical (unpaired) electrons. The van der Waals surface area contributed by atoms with E-state index in [2.05, 4.69) is 10.3 Å². The van der Waals surface area contributed by atoms with Gasteiger partial charge in [0.15, 0.2) is 5.82 Å². The van der Waals surface area contributed by atoms with Crippen molar-refractivity contribution in [2.75, 3.05) is 18.4 Å². The van der Waals surface area contributed by atoms with Crippen LogP contribution in [0.4, 0.5) is 5.69 Å². The number of hydrogen-bond acceptors (Lipinski definition) is 5. The molecule has 1 aliphatic heterocycles. The van der Waals surface area contributed by atoms with Crippen molar-refractivity contribution >= 4 is 39.9 Å². The van der Waals surface area contributed by atoms with Gasteiger partial charge in [-0.15, -0.1) is 11.3 Å². The van der Waals surface area contributed by atoms with E-state index in [9.17, 15) is 9.59 Å². The standard InChI is InChI=1S/C24H23N5O2S/c30-22(28-12-10-17(11-13-28)24(31)26-18-6-2-1-3-7-18)14-29-21-9-5-4-8-19(21)27-23(29)20-15-32-16-25-20/h1-9,15-17H,10-14H2,(H,26,31). The first-order valence-electron chi connectivity index (χ1n) is 10.7. The number of thiazole rings is 1. The third-order valence-corrected chi connectivity index (χ3v) is 6.46. The predicted octanol–water partition coefficient (Wildman–Crippen LogP) is 4.04. The molecule has 7 nitrogen and oxygen atoms in total. The highest BCUT2D eigenvalue weighted by molar-refractivity contribution is 7.07. The van der Waals surface area contributed by atoms with E-state index in [-0.39, 0.29) is 24.3 Å². The number of benzene rings is 2. The van der Waals surface area contributed by atoms with Crippen LogP contribution in [0.25, 0.3) is 22.6 Å². The summed E-state index contributed by atoms with van der Waals surface area (Å²) in [6.45, 7) is 1.35. The molecule has 0 aliphatic carbocycles. The highest BCUT2D eigenvalue weighted by atomic mass is 32.1. The van der Waals surface area contributed by atoms with E-state index in [1.165, 1.54) is 11.3 Å². The summed E-state index contributed by atoms with van der Waals surface area (Å²) in [7, 11) is 0. The molecular weight excluding hydrogens is 422 g/mol. The van der Waals surface area contributed by atoms with Crippen LogP contribution in [0.2, 0.25) is 0 Å². The molecule has 32 heavy (non-hydrogen) atoms. The number of anilines is 1. The zero-order chi connectivity index (χ0) is 21.9. The van der Waals surface area contributed by atoms with E-state index < -0.39 is 0 Å². The summed E-state index contributed by atoms with van der Waals surface area (Å²) in [6, 6.07) is 17.3. The van der Waals surface area contributed by atoms with Crippen molar-refractivity contribution in [1.29, 1.82) is 0 Å². The molecule has 1 aliphatic rings. The van der Waals surface area contributed by atoms with E-state index in [0.29, 0.717) is 31.8 Å². The van der Waals surface area contributed by atoms with Crippen molar-refractivity contribution < 1.29 is 9.59 Å². The molecule has 8 heteroatoms. The lowest BCUT2D eigenvalue weighted by Gasteiger charge is -2.31. The minimum Gasteiger partial charge on any atom is -0.341 e. The molecule has 2 aromatic carbocycles. The van der Waals surface area contributed by atoms with Crippen LogP contribution < -0.4 is 5.32 Å². The van der Waals surface area contributed by atoms with E-state index in [1.54, 1.807) is 5.51 Å². The van der Waals surface area contributed by atoms with Crippen molar-refractivity contribution in [2.45, 2.75) is 19.4 Å². The lowest BCUT2D eigenvalue weighted by Crippen LogP contribution is -2.42. The highest BCUT2D eigenvalue weighted by Gasteiger charge is 2.28. The minimum atomic E-state index is -0.0844. The van der Waals surface area contributed by atoms with Crippen LogP contribution >= 0.6 is 11.3 Å². The van der Waals surface area contributed by atoms with Crippen LogP contribution in [0, 0.1) is 5.92 Å². The van der Waals surface area contributed by atoms with Crippen LogP contribution in [0.5, 0.6) is 0 Å². The summed E-state index contributed by atoms with van der Waals surface area (Å²) in [6.07, 6.45) is 1.32. The molecule has 0 bridgehead atoms. The summed E-state index contributed by atoms with van der Waals surface area (Å²) < 4.78 is 1.95. The fourth-order valence-electron chi connectivity index (χ4n) is 4.15. The summed E-state index contributed by atoms with van der Waals surface area (Å²) in [5.74, 6) is 0.679. The Kier molecular flexibility index (Phi) is 5.68. The third kappa shape index (κ3) is 4.13. The van der Waals surface area contributed by atoms with E-state index in [0.717, 1.165) is 22.4 Å². The summed E-state index contributed by atoms with van der Waals surface area (Å²) in [5, 5.41) is 4.92. The van der Waals surface area contributed by atoms with Gasteiger partial charge >= 0.3 is 0 Å². The first-order chi connectivity index (χ1) is 15.7. The zero-order valence-electron chi connectivity index (χ0n) is 17.5. The highest BCUT2D eigenvalue weighted by Crippen LogP contribution is 2.26. The topological polar surface area (TPSA) is 80.1 Å². The molecular formula is C24H23N5O2S. The smallest absolute Gasteiger partial charge is 0.242 e. The first kappa shape index (κ1) is 20.4. The average molecular weight is 446 g/mol. The number of nitrogens with zero attached hydrogens (tertiary/aromatic N) is 4. The quantitative estimate of drug-likeness (QED) is 0.503. The number of rotatable bonds is 5. The maximum Gasteiger partial charge on any atom is 0.242 e. The predicted molar refractivity (Wildman–Crippen MR) is 125 cm³/mol. The number of para-hydroxylation sites is 3. The van der Waals surface area contributed by atoms with Crippen molar-refractivity contribution in [3.05, 3.63) is 65.5 Å². The van der Waals surface area contributed by atoms with Gasteiger partial charge in [0.05, 0.1) is 16.5 Å². The van der Waals surface area contributed by atoms with Crippen molar-refractivity contribution in [3.63, 3.8) is 0 Å². The second-order valence-electron chi connectivity index (χ2n) is 7.89. The van der Waals surface area contributed by atoms with Gasteiger partial charge in [-0.25, -0.2) is 9.97 Å². The number of aromatic nitrogens is 3. The Balaban J connectivity index is 1.26. The number of carbonyl (C=O) groups excluding carboxylic acids is 2. The largest absolute Gasteiger partial charge is 0.341 e. The molecule has 5 rings (SSSR count). The molecule has 1 N–H and O–H groups in total. The maximum atomic E-state index is 13.2. The van der Waals surface area contributed by atoms with Gasteiger partial charge < -0.3 is 14.8 Å². The van der Waals surface area contributed by atoms with Gasteiger partial charge in [-0.3, -0.25) is 9.59 Å². The number of piperidine rings is 1. The Morgan fingerprint density at radius 3 is 2.53 bits per heavy atom. The SMILES string of the molecule is O=C(Nc1ccccc1)C1CCN(C(=O)Cn2c(-c3cscn3)nc3ccccc32)CC1. The first-order valence-corrected chi connectivity index (χ1v) is 11.6. The second kappa shape index (κ2) is 8.92. The van der Waals surface area contributed by atoms with Crippen molar-refractivity contribution in [2.24, 2.45) is 5.92 Å². The Morgan fingerprint density at radius 1 is 1.03 bits per heavy atom. The number of imidazole rings is 1. The Labute approximate surface area is 189 Å². The lowest BCUT2D eigenvalue weighted by molar-refractivity contribution is -0.135. The van der Waals surface area contributed by atoms with E-state index in [4.69, 9.17) is 4.98 Å². The number of amides is 2. The summed E-state index contributed by atoms with van der Waals surface area (Å²) >= 11 is 1.51. The Morgan fingerprint density at radius 2 is 1.78 bits per heavy atom. The number of fused-ring (bicyclic) bond motifs is 1. The van der Waals surface area contributed by atoms with Gasteiger partial charge in [0.1, 0.15) is 12.2 Å². The molecule has 2 aromatic heterocycles. The van der Waals surface area contributed by atoms with Gasteiger partial charge in [-0.2, -0.15) is 0 Å². The van der Waals surface area contributed by atoms with Crippen LogP contribution in [-0.2, 0) is 16.1 Å². The molecule has 162 valence electrons. The molecule has 4 aromatic rings. The number of nitrogens with one attached hydrogen (secondary N) is 1. The van der Waals surface area contributed by atoms with Crippen LogP contribution in [0.1, 0.15) is 12.8 Å². The maximum absolute atomic E-state index is 13.2. The lowest BCUT2D eigenvalue weighted by atomic mass is 9.95. The normalized spacial score (nSPS) is 14.6. The number of likely N-dealkylation sites (tertiary alicyclic amines) is 1. The monoisotopic (exact) mass is 445 g/mol. The van der Waals surface area contributed by atoms with Crippen LogP contribution in [0.15, 0.2) is 65.5 Å². The molecule has 0 unspecified atom stereocenters. The fourth-order valence-corrected chi connectivity index (χ4v) is 4.68. The molecule has 1 saturated heterocycles.